The van der Waals surface area contributed by atoms with E-state index in [1.54, 1.807) is 11.1 Å². The number of carbonyl (C=O) groups is 2. The number of nitrogens with one attached hydrogen (secondary N) is 1. The summed E-state index contributed by atoms with van der Waals surface area (Å²) in [6, 6.07) is 0.105. The maximum Gasteiger partial charge on any atom is 0.264 e. The van der Waals surface area contributed by atoms with Gasteiger partial charge in [0.1, 0.15) is 0 Å². The van der Waals surface area contributed by atoms with Crippen LogP contribution >= 0.6 is 0 Å². The predicted molar refractivity (Wildman–Crippen MR) is 104 cm³/mol. The number of nitrogens with zero attached hydrogens (tertiary/aromatic N) is 1. The number of rotatable bonds is 2. The van der Waals surface area contributed by atoms with Crippen molar-refractivity contribution >= 4 is 11.8 Å². The minimum atomic E-state index is -0.258. The Labute approximate surface area is 163 Å². The van der Waals surface area contributed by atoms with Crippen molar-refractivity contribution in [3.05, 3.63) is 12.2 Å². The molecule has 0 radical (unpaired) electrons. The van der Waals surface area contributed by atoms with Crippen LogP contribution < -0.4 is 5.43 Å². The number of hydrazine groups is 1. The molecule has 6 atom stereocenters. The van der Waals surface area contributed by atoms with Crippen LogP contribution in [0.4, 0.5) is 0 Å². The highest BCUT2D eigenvalue weighted by molar-refractivity contribution is 5.92. The van der Waals surface area contributed by atoms with Gasteiger partial charge in [-0.05, 0) is 74.5 Å². The monoisotopic (exact) mass is 370 g/mol. The van der Waals surface area contributed by atoms with E-state index in [0.29, 0.717) is 11.3 Å². The lowest BCUT2D eigenvalue weighted by Gasteiger charge is -2.59. The molecule has 2 amide bonds. The predicted octanol–water partition coefficient (Wildman–Crippen LogP) is 4.22. The van der Waals surface area contributed by atoms with Crippen LogP contribution in [0.25, 0.3) is 0 Å². The van der Waals surface area contributed by atoms with Gasteiger partial charge in [0.2, 0.25) is 5.91 Å². The fourth-order valence-electron chi connectivity index (χ4n) is 7.28. The first-order valence-electron chi connectivity index (χ1n) is 11.1. The molecule has 1 N–H and O–H groups in total. The molecule has 0 spiro atoms. The van der Waals surface area contributed by atoms with Crippen LogP contribution in [0, 0.1) is 34.0 Å². The van der Waals surface area contributed by atoms with Gasteiger partial charge in [0.15, 0.2) is 0 Å². The zero-order valence-corrected chi connectivity index (χ0v) is 17.1. The molecule has 4 fully saturated rings. The molecule has 5 aliphatic rings. The lowest BCUT2D eigenvalue weighted by molar-refractivity contribution is -0.155. The summed E-state index contributed by atoms with van der Waals surface area (Å²) in [5.74, 6) is 2.25. The minimum absolute atomic E-state index is 0.0154. The minimum Gasteiger partial charge on any atom is -0.273 e. The second-order valence-electron chi connectivity index (χ2n) is 11.0. The number of carbonyl (C=O) groups excluding carboxylic acids is 2. The normalized spacial score (nSPS) is 47.1. The lowest BCUT2D eigenvalue weighted by Crippen LogP contribution is -2.64. The summed E-state index contributed by atoms with van der Waals surface area (Å²) >= 11 is 0. The molecule has 4 aliphatic carbocycles. The van der Waals surface area contributed by atoms with Gasteiger partial charge in [-0.2, -0.15) is 0 Å². The van der Waals surface area contributed by atoms with Crippen LogP contribution in [-0.2, 0) is 9.59 Å². The second-order valence-corrected chi connectivity index (χ2v) is 11.0. The van der Waals surface area contributed by atoms with Crippen LogP contribution in [-0.4, -0.2) is 22.9 Å². The van der Waals surface area contributed by atoms with Gasteiger partial charge in [-0.25, -0.2) is 5.01 Å². The molecule has 1 aliphatic heterocycles. The van der Waals surface area contributed by atoms with Gasteiger partial charge in [-0.15, -0.1) is 0 Å². The van der Waals surface area contributed by atoms with E-state index in [1.165, 1.54) is 38.5 Å². The highest BCUT2D eigenvalue weighted by Crippen LogP contribution is 2.63. The molecule has 0 saturated heterocycles. The Balaban J connectivity index is 1.43. The summed E-state index contributed by atoms with van der Waals surface area (Å²) in [5, 5.41) is 1.71. The average Bonchev–Trinajstić information content (AvgIpc) is 3.26. The van der Waals surface area contributed by atoms with Crippen molar-refractivity contribution in [2.24, 2.45) is 34.0 Å². The van der Waals surface area contributed by atoms with Crippen LogP contribution in [0.15, 0.2) is 12.2 Å². The Hall–Kier alpha value is -1.32. The van der Waals surface area contributed by atoms with Crippen LogP contribution in [0.2, 0.25) is 0 Å². The third-order valence-electron chi connectivity index (χ3n) is 9.41. The molecular weight excluding hydrogens is 336 g/mol. The van der Waals surface area contributed by atoms with Gasteiger partial charge in [0.05, 0.1) is 6.04 Å². The van der Waals surface area contributed by atoms with Gasteiger partial charge < -0.3 is 0 Å². The number of amides is 2. The Bertz CT molecular complexity index is 711. The summed E-state index contributed by atoms with van der Waals surface area (Å²) < 4.78 is 0. The number of hydrogen-bond acceptors (Lipinski definition) is 2. The van der Waals surface area contributed by atoms with Gasteiger partial charge in [-0.3, -0.25) is 15.0 Å². The quantitative estimate of drug-likeness (QED) is 0.791. The summed E-state index contributed by atoms with van der Waals surface area (Å²) in [5.41, 5.74) is 3.31. The Morgan fingerprint density at radius 3 is 2.56 bits per heavy atom. The number of fused-ring (bicyclic) bond motifs is 5. The number of hydrogen-bond donors (Lipinski definition) is 1. The molecule has 4 nitrogen and oxygen atoms in total. The Morgan fingerprint density at radius 2 is 1.81 bits per heavy atom. The van der Waals surface area contributed by atoms with E-state index in [-0.39, 0.29) is 28.7 Å². The van der Waals surface area contributed by atoms with E-state index >= 15 is 0 Å². The molecule has 27 heavy (non-hydrogen) atoms. The molecule has 4 saturated carbocycles. The van der Waals surface area contributed by atoms with Gasteiger partial charge in [0.25, 0.3) is 5.91 Å². The summed E-state index contributed by atoms with van der Waals surface area (Å²) in [7, 11) is 0. The zero-order chi connectivity index (χ0) is 19.0. The summed E-state index contributed by atoms with van der Waals surface area (Å²) in [4.78, 5) is 25.4. The van der Waals surface area contributed by atoms with Crippen molar-refractivity contribution in [2.45, 2.75) is 84.6 Å². The topological polar surface area (TPSA) is 49.4 Å². The van der Waals surface area contributed by atoms with E-state index in [1.807, 2.05) is 6.92 Å². The Morgan fingerprint density at radius 1 is 1.04 bits per heavy atom. The standard InChI is InChI=1S/C23H34N2O2/c1-21-10-4-5-16(21)15-6-7-18-23(3,17(15)8-11-21)12-9-19(26)25(18)24-20(27)22(2)13-14-22/h9,12,15-18H,4-8,10-11,13-14H2,1-3H3,(H,24,27)/t15-,16-,17+,18?,21-,23+/m0/s1. The first kappa shape index (κ1) is 17.8. The van der Waals surface area contributed by atoms with Crippen LogP contribution in [0.5, 0.6) is 0 Å². The molecular formula is C23H34N2O2. The van der Waals surface area contributed by atoms with Crippen molar-refractivity contribution in [1.82, 2.24) is 10.4 Å². The Kier molecular flexibility index (Phi) is 3.69. The summed E-state index contributed by atoms with van der Waals surface area (Å²) in [6.07, 6.45) is 14.8. The first-order valence-corrected chi connectivity index (χ1v) is 11.1. The lowest BCUT2D eigenvalue weighted by atomic mass is 9.48. The molecule has 0 aromatic heterocycles. The molecule has 0 aromatic carbocycles. The van der Waals surface area contributed by atoms with Gasteiger partial charge in [0, 0.05) is 16.9 Å². The van der Waals surface area contributed by atoms with Gasteiger partial charge in [-0.1, -0.05) is 33.3 Å². The zero-order valence-electron chi connectivity index (χ0n) is 17.1. The van der Waals surface area contributed by atoms with Crippen molar-refractivity contribution in [1.29, 1.82) is 0 Å². The van der Waals surface area contributed by atoms with Crippen LogP contribution in [0.1, 0.15) is 78.6 Å². The highest BCUT2D eigenvalue weighted by Gasteiger charge is 2.59. The van der Waals surface area contributed by atoms with Gasteiger partial charge >= 0.3 is 0 Å². The first-order chi connectivity index (χ1) is 12.8. The van der Waals surface area contributed by atoms with E-state index in [2.05, 4.69) is 25.3 Å². The molecule has 1 unspecified atom stereocenters. The van der Waals surface area contributed by atoms with E-state index in [4.69, 9.17) is 0 Å². The SMILES string of the molecule is CC1(C(=O)NN2C(=O)C=C[C@@]3(C)C2CC[C@@H]2[C@H]3CC[C@]3(C)CCC[C@@H]23)CC1. The van der Waals surface area contributed by atoms with Crippen molar-refractivity contribution in [2.75, 3.05) is 0 Å². The maximum atomic E-state index is 12.7. The van der Waals surface area contributed by atoms with Crippen molar-refractivity contribution in [3.63, 3.8) is 0 Å². The average molecular weight is 371 g/mol. The van der Waals surface area contributed by atoms with E-state index in [0.717, 1.165) is 31.1 Å². The third-order valence-corrected chi connectivity index (χ3v) is 9.41. The maximum absolute atomic E-state index is 12.7. The van der Waals surface area contributed by atoms with E-state index < -0.39 is 0 Å². The molecule has 148 valence electrons. The fraction of sp³-hybridized carbons (Fsp3) is 0.826. The molecule has 5 rings (SSSR count). The van der Waals surface area contributed by atoms with Crippen molar-refractivity contribution < 1.29 is 9.59 Å². The van der Waals surface area contributed by atoms with Crippen LogP contribution in [0.3, 0.4) is 0 Å². The molecule has 1 heterocycles. The summed E-state index contributed by atoms with van der Waals surface area (Å²) in [6.45, 7) is 6.89. The molecule has 0 bridgehead atoms. The van der Waals surface area contributed by atoms with Crippen molar-refractivity contribution in [3.8, 4) is 0 Å². The second kappa shape index (κ2) is 5.61. The molecule has 0 aromatic rings. The third kappa shape index (κ3) is 2.47. The van der Waals surface area contributed by atoms with E-state index in [9.17, 15) is 9.59 Å². The fourth-order valence-corrected chi connectivity index (χ4v) is 7.28. The molecule has 4 heteroatoms. The largest absolute Gasteiger partial charge is 0.273 e. The smallest absolute Gasteiger partial charge is 0.264 e. The highest BCUT2D eigenvalue weighted by atomic mass is 16.2.